The molecule has 27 heavy (non-hydrogen) atoms. The molecule has 2 aromatic rings. The first-order valence-electron chi connectivity index (χ1n) is 8.12. The number of halogens is 6. The van der Waals surface area contributed by atoms with Gasteiger partial charge in [0.1, 0.15) is 15.8 Å². The fraction of sp³-hybridized carbons (Fsp3) is 0.222. The van der Waals surface area contributed by atoms with Crippen LogP contribution in [0.1, 0.15) is 26.7 Å². The topological polar surface area (TPSA) is 9.23 Å². The van der Waals surface area contributed by atoms with E-state index < -0.39 is 7.81 Å². The average Bonchev–Trinajstić information content (AvgIpc) is 2.55. The number of ether oxygens (including phenoxy) is 1. The second-order valence-corrected chi connectivity index (χ2v) is 9.70. The molecule has 150 valence electrons. The molecule has 2 aromatic carbocycles. The van der Waals surface area contributed by atoms with E-state index in [1.807, 2.05) is 12.1 Å². The molecule has 1 aliphatic rings. The first-order valence-corrected chi connectivity index (χ1v) is 11.4. The predicted octanol–water partition coefficient (Wildman–Crippen LogP) is 8.91. The van der Waals surface area contributed by atoms with Crippen LogP contribution in [0.5, 0.6) is 11.5 Å². The Balaban J connectivity index is 0.000000321. The van der Waals surface area contributed by atoms with E-state index in [0.29, 0.717) is 0 Å². The van der Waals surface area contributed by atoms with E-state index >= 15 is 0 Å². The van der Waals surface area contributed by atoms with Crippen molar-refractivity contribution in [3.05, 3.63) is 59.5 Å². The average molecular weight is 428 g/mol. The van der Waals surface area contributed by atoms with Gasteiger partial charge >= 0.3 is 33.0 Å². The van der Waals surface area contributed by atoms with Crippen LogP contribution in [-0.2, 0) is 10.9 Å². The van der Waals surface area contributed by atoms with E-state index in [4.69, 9.17) is 4.74 Å². The van der Waals surface area contributed by atoms with Gasteiger partial charge in [0, 0.05) is 6.42 Å². The first-order chi connectivity index (χ1) is 12.3. The molecule has 1 nitrogen and oxygen atoms in total. The summed E-state index contributed by atoms with van der Waals surface area (Å²) in [6, 6.07) is 16.9. The van der Waals surface area contributed by atoms with Gasteiger partial charge in [0.25, 0.3) is 0 Å². The van der Waals surface area contributed by atoms with Crippen LogP contribution in [0.15, 0.2) is 69.3 Å². The molecule has 0 bridgehead atoms. The number of rotatable bonds is 3. The SMILES string of the molecule is C/C=C(\CCC)[S+]1c2ccccc2Oc2ccccc21.F[P-](F)(F)(F)(F)F. The third kappa shape index (κ3) is 7.11. The minimum atomic E-state index is -10.7. The number of fused-ring (bicyclic) bond motifs is 2. The molecular formula is C18H19F6OPS. The molecule has 9 heteroatoms. The van der Waals surface area contributed by atoms with Crippen molar-refractivity contribution in [3.63, 3.8) is 0 Å². The summed E-state index contributed by atoms with van der Waals surface area (Å²) in [5.74, 6) is 2.01. The first kappa shape index (κ1) is 21.6. The van der Waals surface area contributed by atoms with Crippen LogP contribution in [0.3, 0.4) is 0 Å². The van der Waals surface area contributed by atoms with Crippen molar-refractivity contribution in [1.29, 1.82) is 0 Å². The van der Waals surface area contributed by atoms with Crippen LogP contribution in [0, 0.1) is 0 Å². The van der Waals surface area contributed by atoms with Crippen molar-refractivity contribution < 1.29 is 29.9 Å². The Kier molecular flexibility index (Phi) is 5.66. The Labute approximate surface area is 156 Å². The van der Waals surface area contributed by atoms with E-state index in [1.54, 1.807) is 0 Å². The maximum absolute atomic E-state index is 10.7. The van der Waals surface area contributed by atoms with Crippen molar-refractivity contribution in [3.8, 4) is 11.5 Å². The van der Waals surface area contributed by atoms with E-state index in [0.717, 1.165) is 17.9 Å². The molecule has 0 N–H and O–H groups in total. The van der Waals surface area contributed by atoms with E-state index in [9.17, 15) is 25.2 Å². The summed E-state index contributed by atoms with van der Waals surface area (Å²) in [5.41, 5.74) is 0. The quantitative estimate of drug-likeness (QED) is 0.269. The predicted molar refractivity (Wildman–Crippen MR) is 99.1 cm³/mol. The van der Waals surface area contributed by atoms with Crippen molar-refractivity contribution in [2.45, 2.75) is 36.5 Å². The van der Waals surface area contributed by atoms with Gasteiger partial charge < -0.3 is 4.74 Å². The molecule has 0 amide bonds. The molecule has 1 heterocycles. The van der Waals surface area contributed by atoms with Crippen LogP contribution in [0.25, 0.3) is 0 Å². The molecule has 3 rings (SSSR count). The molecule has 0 aromatic heterocycles. The summed E-state index contributed by atoms with van der Waals surface area (Å²) < 4.78 is 65.3. The van der Waals surface area contributed by atoms with Gasteiger partial charge in [-0.1, -0.05) is 31.2 Å². The molecule has 0 aliphatic carbocycles. The third-order valence-electron chi connectivity index (χ3n) is 3.44. The van der Waals surface area contributed by atoms with Gasteiger partial charge in [0.15, 0.2) is 11.5 Å². The Morgan fingerprint density at radius 2 is 1.30 bits per heavy atom. The van der Waals surface area contributed by atoms with E-state index in [-0.39, 0.29) is 10.9 Å². The molecular weight excluding hydrogens is 409 g/mol. The van der Waals surface area contributed by atoms with Gasteiger partial charge in [0.2, 0.25) is 9.79 Å². The molecule has 0 unspecified atom stereocenters. The van der Waals surface area contributed by atoms with E-state index in [2.05, 4.69) is 56.3 Å². The molecule has 0 saturated heterocycles. The molecule has 1 aliphatic heterocycles. The van der Waals surface area contributed by atoms with Gasteiger partial charge in [-0.15, -0.1) is 0 Å². The van der Waals surface area contributed by atoms with Gasteiger partial charge in [0.05, 0.1) is 0 Å². The second kappa shape index (κ2) is 7.06. The monoisotopic (exact) mass is 428 g/mol. The maximum atomic E-state index is 9.87. The molecule has 0 saturated carbocycles. The molecule has 0 spiro atoms. The Morgan fingerprint density at radius 1 is 0.889 bits per heavy atom. The van der Waals surface area contributed by atoms with Crippen LogP contribution in [0.4, 0.5) is 25.2 Å². The number of hydrogen-bond acceptors (Lipinski definition) is 1. The zero-order valence-corrected chi connectivity index (χ0v) is 16.4. The third-order valence-corrected chi connectivity index (χ3v) is 5.96. The molecule has 0 radical (unpaired) electrons. The zero-order chi connectivity index (χ0) is 20.4. The van der Waals surface area contributed by atoms with Crippen molar-refractivity contribution in [1.82, 2.24) is 0 Å². The zero-order valence-electron chi connectivity index (χ0n) is 14.6. The van der Waals surface area contributed by atoms with Gasteiger partial charge in [-0.05, 0) is 43.7 Å². The number of allylic oxidation sites excluding steroid dienone is 2. The standard InChI is InChI=1S/C18H19OS.F6P/c1-3-9-14(4-2)20-17-12-7-5-10-15(17)19-16-11-6-8-13-18(16)20;1-7(2,3,4,5)6/h4-8,10-13H,3,9H2,1-2H3;/q+1;-1/b14-4+;. The van der Waals surface area contributed by atoms with Crippen molar-refractivity contribution in [2.75, 3.05) is 0 Å². The summed E-state index contributed by atoms with van der Waals surface area (Å²) in [6.45, 7) is 4.39. The summed E-state index contributed by atoms with van der Waals surface area (Å²) in [5, 5.41) is 0. The fourth-order valence-electron chi connectivity index (χ4n) is 2.54. The van der Waals surface area contributed by atoms with Gasteiger partial charge in [-0.3, -0.25) is 0 Å². The summed E-state index contributed by atoms with van der Waals surface area (Å²) in [4.78, 5) is 4.14. The fourth-order valence-corrected chi connectivity index (χ4v) is 5.03. The number of para-hydroxylation sites is 2. The van der Waals surface area contributed by atoms with Crippen molar-refractivity contribution >= 4 is 18.7 Å². The van der Waals surface area contributed by atoms with Gasteiger partial charge in [-0.2, -0.15) is 0 Å². The van der Waals surface area contributed by atoms with Crippen LogP contribution in [0.2, 0.25) is 0 Å². The summed E-state index contributed by atoms with van der Waals surface area (Å²) in [6.07, 6.45) is 4.60. The van der Waals surface area contributed by atoms with Crippen molar-refractivity contribution in [2.24, 2.45) is 0 Å². The van der Waals surface area contributed by atoms with Crippen LogP contribution >= 0.6 is 7.81 Å². The Morgan fingerprint density at radius 3 is 1.67 bits per heavy atom. The molecule has 0 atom stereocenters. The summed E-state index contributed by atoms with van der Waals surface area (Å²) >= 11 is 0. The normalized spacial score (nSPS) is 16.7. The molecule has 0 fully saturated rings. The Hall–Kier alpha value is -1.66. The number of benzene rings is 2. The number of hydrogen-bond donors (Lipinski definition) is 0. The van der Waals surface area contributed by atoms with Crippen LogP contribution in [-0.4, -0.2) is 0 Å². The van der Waals surface area contributed by atoms with Crippen LogP contribution < -0.4 is 4.74 Å². The van der Waals surface area contributed by atoms with Gasteiger partial charge in [-0.25, -0.2) is 0 Å². The summed E-state index contributed by atoms with van der Waals surface area (Å²) in [7, 11) is -10.7. The minimum absolute atomic E-state index is 0.00389. The Bertz CT molecular complexity index is 792. The second-order valence-electron chi connectivity index (χ2n) is 5.77. The van der Waals surface area contributed by atoms with E-state index in [1.165, 1.54) is 21.1 Å².